The predicted molar refractivity (Wildman–Crippen MR) is 70.2 cm³/mol. The average molecular weight is 249 g/mol. The summed E-state index contributed by atoms with van der Waals surface area (Å²) in [5, 5.41) is 2.71. The number of nitrogens with zero attached hydrogens (tertiary/aromatic N) is 3. The topological polar surface area (TPSA) is 84.1 Å². The standard InChI is InChI=1S/C12H19N5O/c1-8-7-15-12(13)16-10(8)17-5-3-9(4-6-17)11(18)14-2/h7,9H,3-6H2,1-2H3,(H,14,18)(H2,13,15,16). The van der Waals surface area contributed by atoms with E-state index in [4.69, 9.17) is 5.73 Å². The second-order valence-electron chi connectivity index (χ2n) is 4.61. The van der Waals surface area contributed by atoms with E-state index in [9.17, 15) is 4.79 Å². The van der Waals surface area contributed by atoms with E-state index in [-0.39, 0.29) is 11.8 Å². The highest BCUT2D eigenvalue weighted by Gasteiger charge is 2.25. The molecule has 98 valence electrons. The summed E-state index contributed by atoms with van der Waals surface area (Å²) < 4.78 is 0. The van der Waals surface area contributed by atoms with Gasteiger partial charge in [0.25, 0.3) is 0 Å². The fraction of sp³-hybridized carbons (Fsp3) is 0.583. The molecule has 6 nitrogen and oxygen atoms in total. The van der Waals surface area contributed by atoms with Crippen molar-refractivity contribution in [3.63, 3.8) is 0 Å². The van der Waals surface area contributed by atoms with Gasteiger partial charge in [0.1, 0.15) is 5.82 Å². The Morgan fingerprint density at radius 1 is 1.50 bits per heavy atom. The number of piperidine rings is 1. The largest absolute Gasteiger partial charge is 0.368 e. The summed E-state index contributed by atoms with van der Waals surface area (Å²) in [5.41, 5.74) is 6.63. The molecule has 1 aromatic heterocycles. The van der Waals surface area contributed by atoms with Crippen molar-refractivity contribution in [2.75, 3.05) is 30.8 Å². The van der Waals surface area contributed by atoms with Crippen LogP contribution in [0.15, 0.2) is 6.20 Å². The van der Waals surface area contributed by atoms with Crippen LogP contribution >= 0.6 is 0 Å². The number of aromatic nitrogens is 2. The molecule has 0 atom stereocenters. The Morgan fingerprint density at radius 2 is 2.17 bits per heavy atom. The van der Waals surface area contributed by atoms with E-state index in [0.717, 1.165) is 37.3 Å². The Morgan fingerprint density at radius 3 is 2.78 bits per heavy atom. The first-order valence-corrected chi connectivity index (χ1v) is 6.17. The molecule has 6 heteroatoms. The van der Waals surface area contributed by atoms with Crippen LogP contribution in [0.25, 0.3) is 0 Å². The van der Waals surface area contributed by atoms with E-state index in [0.29, 0.717) is 5.95 Å². The molecule has 1 aliphatic rings. The highest BCUT2D eigenvalue weighted by atomic mass is 16.1. The van der Waals surface area contributed by atoms with Crippen LogP contribution in [0.4, 0.5) is 11.8 Å². The van der Waals surface area contributed by atoms with Crippen LogP contribution in [0.3, 0.4) is 0 Å². The summed E-state index contributed by atoms with van der Waals surface area (Å²) in [6.07, 6.45) is 3.44. The minimum Gasteiger partial charge on any atom is -0.368 e. The van der Waals surface area contributed by atoms with E-state index < -0.39 is 0 Å². The van der Waals surface area contributed by atoms with Crippen molar-refractivity contribution in [2.45, 2.75) is 19.8 Å². The van der Waals surface area contributed by atoms with Gasteiger partial charge < -0.3 is 16.0 Å². The fourth-order valence-electron chi connectivity index (χ4n) is 2.32. The maximum absolute atomic E-state index is 11.6. The number of nitrogens with two attached hydrogens (primary N) is 1. The molecule has 1 amide bonds. The number of aryl methyl sites for hydroxylation is 1. The lowest BCUT2D eigenvalue weighted by Gasteiger charge is -2.32. The highest BCUT2D eigenvalue weighted by molar-refractivity contribution is 5.78. The monoisotopic (exact) mass is 249 g/mol. The predicted octanol–water partition coefficient (Wildman–Crippen LogP) is 0.330. The van der Waals surface area contributed by atoms with Crippen LogP contribution in [0.1, 0.15) is 18.4 Å². The molecule has 0 spiro atoms. The molecule has 1 saturated heterocycles. The Kier molecular flexibility index (Phi) is 3.64. The van der Waals surface area contributed by atoms with Gasteiger partial charge in [-0.05, 0) is 19.8 Å². The summed E-state index contributed by atoms with van der Waals surface area (Å²) in [4.78, 5) is 22.0. The quantitative estimate of drug-likeness (QED) is 0.789. The number of rotatable bonds is 2. The molecule has 1 aromatic rings. The van der Waals surface area contributed by atoms with Gasteiger partial charge in [0.2, 0.25) is 11.9 Å². The molecule has 0 aliphatic carbocycles. The van der Waals surface area contributed by atoms with Crippen LogP contribution in [0.2, 0.25) is 0 Å². The van der Waals surface area contributed by atoms with Crippen molar-refractivity contribution in [1.82, 2.24) is 15.3 Å². The molecule has 1 aliphatic heterocycles. The third-order valence-corrected chi connectivity index (χ3v) is 3.38. The summed E-state index contributed by atoms with van der Waals surface area (Å²) in [7, 11) is 1.68. The number of nitrogen functional groups attached to an aromatic ring is 1. The average Bonchev–Trinajstić information content (AvgIpc) is 2.41. The lowest BCUT2D eigenvalue weighted by molar-refractivity contribution is -0.125. The zero-order chi connectivity index (χ0) is 13.1. The van der Waals surface area contributed by atoms with E-state index in [1.807, 2.05) is 6.92 Å². The van der Waals surface area contributed by atoms with Gasteiger partial charge in [-0.2, -0.15) is 4.98 Å². The van der Waals surface area contributed by atoms with Crippen LogP contribution < -0.4 is 16.0 Å². The SMILES string of the molecule is CNC(=O)C1CCN(c2nc(N)ncc2C)CC1. The lowest BCUT2D eigenvalue weighted by atomic mass is 9.96. The number of anilines is 2. The molecule has 1 fully saturated rings. The second-order valence-corrected chi connectivity index (χ2v) is 4.61. The van der Waals surface area contributed by atoms with Gasteiger partial charge in [-0.3, -0.25) is 4.79 Å². The molecule has 0 unspecified atom stereocenters. The van der Waals surface area contributed by atoms with Gasteiger partial charge in [0, 0.05) is 37.8 Å². The van der Waals surface area contributed by atoms with E-state index in [1.54, 1.807) is 13.2 Å². The maximum Gasteiger partial charge on any atom is 0.222 e. The van der Waals surface area contributed by atoms with E-state index in [2.05, 4.69) is 20.2 Å². The molecule has 2 rings (SSSR count). The number of hydrogen-bond acceptors (Lipinski definition) is 5. The smallest absolute Gasteiger partial charge is 0.222 e. The molecule has 0 saturated carbocycles. The summed E-state index contributed by atoms with van der Waals surface area (Å²) in [6.45, 7) is 3.63. The van der Waals surface area contributed by atoms with Crippen molar-refractivity contribution in [1.29, 1.82) is 0 Å². The summed E-state index contributed by atoms with van der Waals surface area (Å²) in [6, 6.07) is 0. The Labute approximate surface area is 107 Å². The first kappa shape index (κ1) is 12.6. The number of amides is 1. The van der Waals surface area contributed by atoms with E-state index >= 15 is 0 Å². The van der Waals surface area contributed by atoms with Crippen molar-refractivity contribution < 1.29 is 4.79 Å². The number of nitrogens with one attached hydrogen (secondary N) is 1. The van der Waals surface area contributed by atoms with Gasteiger partial charge in [-0.15, -0.1) is 0 Å². The van der Waals surface area contributed by atoms with Crippen LogP contribution in [-0.4, -0.2) is 36.0 Å². The molecule has 0 radical (unpaired) electrons. The van der Waals surface area contributed by atoms with Gasteiger partial charge in [-0.1, -0.05) is 0 Å². The highest BCUT2D eigenvalue weighted by Crippen LogP contribution is 2.24. The zero-order valence-electron chi connectivity index (χ0n) is 10.8. The molecule has 3 N–H and O–H groups in total. The number of hydrogen-bond donors (Lipinski definition) is 2. The van der Waals surface area contributed by atoms with Gasteiger partial charge in [0.05, 0.1) is 0 Å². The lowest BCUT2D eigenvalue weighted by Crippen LogP contribution is -2.40. The van der Waals surface area contributed by atoms with Gasteiger partial charge >= 0.3 is 0 Å². The van der Waals surface area contributed by atoms with Crippen molar-refractivity contribution in [2.24, 2.45) is 5.92 Å². The molecule has 0 bridgehead atoms. The zero-order valence-corrected chi connectivity index (χ0v) is 10.8. The summed E-state index contributed by atoms with van der Waals surface area (Å²) >= 11 is 0. The second kappa shape index (κ2) is 5.20. The van der Waals surface area contributed by atoms with Crippen molar-refractivity contribution >= 4 is 17.7 Å². The van der Waals surface area contributed by atoms with Crippen LogP contribution in [-0.2, 0) is 4.79 Å². The van der Waals surface area contributed by atoms with Crippen molar-refractivity contribution in [3.05, 3.63) is 11.8 Å². The maximum atomic E-state index is 11.6. The van der Waals surface area contributed by atoms with Gasteiger partial charge in [0.15, 0.2) is 0 Å². The summed E-state index contributed by atoms with van der Waals surface area (Å²) in [5.74, 6) is 1.43. The Hall–Kier alpha value is -1.85. The molecular formula is C12H19N5O. The number of carbonyl (C=O) groups is 1. The van der Waals surface area contributed by atoms with E-state index in [1.165, 1.54) is 0 Å². The molecule has 0 aromatic carbocycles. The van der Waals surface area contributed by atoms with Gasteiger partial charge in [-0.25, -0.2) is 4.98 Å². The molecule has 2 heterocycles. The third kappa shape index (κ3) is 2.52. The first-order valence-electron chi connectivity index (χ1n) is 6.17. The number of carbonyl (C=O) groups excluding carboxylic acids is 1. The molecule has 18 heavy (non-hydrogen) atoms. The fourth-order valence-corrected chi connectivity index (χ4v) is 2.32. The van der Waals surface area contributed by atoms with Crippen LogP contribution in [0, 0.1) is 12.8 Å². The first-order chi connectivity index (χ1) is 8.61. The molecular weight excluding hydrogens is 230 g/mol. The van der Waals surface area contributed by atoms with Crippen molar-refractivity contribution in [3.8, 4) is 0 Å². The third-order valence-electron chi connectivity index (χ3n) is 3.38. The minimum atomic E-state index is 0.116. The Bertz CT molecular complexity index is 440. The Balaban J connectivity index is 2.05. The normalized spacial score (nSPS) is 16.7. The minimum absolute atomic E-state index is 0.116. The van der Waals surface area contributed by atoms with Crippen LogP contribution in [0.5, 0.6) is 0 Å².